The van der Waals surface area contributed by atoms with Crippen LogP contribution in [0.1, 0.15) is 34.5 Å². The molecule has 6 heteroatoms. The highest BCUT2D eigenvalue weighted by Gasteiger charge is 2.19. The molecule has 5 nitrogen and oxygen atoms in total. The van der Waals surface area contributed by atoms with Crippen molar-refractivity contribution in [2.45, 2.75) is 19.8 Å². The van der Waals surface area contributed by atoms with Gasteiger partial charge in [-0.05, 0) is 59.5 Å². The van der Waals surface area contributed by atoms with E-state index in [2.05, 4.69) is 25.8 Å². The van der Waals surface area contributed by atoms with Crippen LogP contribution in [0.3, 0.4) is 0 Å². The number of furan rings is 1. The number of hydrogen-bond donors (Lipinski definition) is 0. The maximum absolute atomic E-state index is 11.5. The van der Waals surface area contributed by atoms with Gasteiger partial charge in [0.05, 0.1) is 29.0 Å². The summed E-state index contributed by atoms with van der Waals surface area (Å²) < 4.78 is 11.6. The summed E-state index contributed by atoms with van der Waals surface area (Å²) in [5.41, 5.74) is 2.21. The van der Waals surface area contributed by atoms with Crippen molar-refractivity contribution in [1.82, 2.24) is 0 Å². The Morgan fingerprint density at radius 3 is 2.75 bits per heavy atom. The summed E-state index contributed by atoms with van der Waals surface area (Å²) in [7, 11) is 1.37. The van der Waals surface area contributed by atoms with Crippen molar-refractivity contribution in [2.75, 3.05) is 25.1 Å². The minimum Gasteiger partial charge on any atom is -0.465 e. The Morgan fingerprint density at radius 1 is 1.33 bits per heavy atom. The average Bonchev–Trinajstić information content (AvgIpc) is 3.22. The fourth-order valence-corrected chi connectivity index (χ4v) is 3.31. The molecule has 0 spiro atoms. The second kappa shape index (κ2) is 7.21. The fourth-order valence-electron chi connectivity index (χ4n) is 2.75. The van der Waals surface area contributed by atoms with Gasteiger partial charge >= 0.3 is 5.97 Å². The molecule has 1 aliphatic heterocycles. The molecule has 1 aromatic carbocycles. The number of carbonyl (C=O) groups excluding carboxylic acids is 1. The lowest BCUT2D eigenvalue weighted by Gasteiger charge is -2.13. The van der Waals surface area contributed by atoms with Crippen LogP contribution in [0.5, 0.6) is 0 Å². The number of anilines is 1. The van der Waals surface area contributed by atoms with Crippen LogP contribution in [-0.2, 0) is 4.74 Å². The van der Waals surface area contributed by atoms with Gasteiger partial charge in [-0.3, -0.25) is 4.99 Å². The van der Waals surface area contributed by atoms with Crippen LogP contribution < -0.4 is 4.90 Å². The molecule has 1 aliphatic rings. The zero-order chi connectivity index (χ0) is 17.1. The number of aryl methyl sites for hydroxylation is 1. The first kappa shape index (κ1) is 16.8. The molecule has 2 heterocycles. The number of methoxy groups -OCH3 is 1. The number of carbonyl (C=O) groups is 1. The van der Waals surface area contributed by atoms with E-state index in [0.29, 0.717) is 11.3 Å². The lowest BCUT2D eigenvalue weighted by Crippen LogP contribution is -2.17. The summed E-state index contributed by atoms with van der Waals surface area (Å²) in [6.07, 6.45) is 4.09. The Labute approximate surface area is 149 Å². The molecule has 1 aromatic heterocycles. The number of benzene rings is 1. The van der Waals surface area contributed by atoms with E-state index >= 15 is 0 Å². The minimum atomic E-state index is -0.348. The first-order valence-electron chi connectivity index (χ1n) is 7.86. The van der Waals surface area contributed by atoms with Crippen molar-refractivity contribution in [1.29, 1.82) is 0 Å². The summed E-state index contributed by atoms with van der Waals surface area (Å²) in [5.74, 6) is 1.21. The van der Waals surface area contributed by atoms with Crippen molar-refractivity contribution in [3.63, 3.8) is 0 Å². The first-order chi connectivity index (χ1) is 11.6. The fraction of sp³-hybridized carbons (Fsp3) is 0.333. The van der Waals surface area contributed by atoms with E-state index in [0.717, 1.165) is 34.7 Å². The molecule has 0 bridgehead atoms. The Bertz CT molecular complexity index is 777. The van der Waals surface area contributed by atoms with E-state index < -0.39 is 0 Å². The molecule has 3 rings (SSSR count). The number of aliphatic imine (C=N–C) groups is 1. The minimum absolute atomic E-state index is 0.348. The van der Waals surface area contributed by atoms with Gasteiger partial charge in [0.25, 0.3) is 0 Å². The van der Waals surface area contributed by atoms with Crippen molar-refractivity contribution in [2.24, 2.45) is 4.99 Å². The third-order valence-electron chi connectivity index (χ3n) is 4.03. The van der Waals surface area contributed by atoms with Gasteiger partial charge in [-0.1, -0.05) is 0 Å². The molecule has 0 atom stereocenters. The third-order valence-corrected chi connectivity index (χ3v) is 4.60. The molecule has 0 saturated carbocycles. The van der Waals surface area contributed by atoms with Crippen LogP contribution in [0.4, 0.5) is 11.6 Å². The van der Waals surface area contributed by atoms with Gasteiger partial charge in [0.1, 0.15) is 5.76 Å². The maximum Gasteiger partial charge on any atom is 0.337 e. The lowest BCUT2D eigenvalue weighted by atomic mass is 10.1. The monoisotopic (exact) mass is 390 g/mol. The molecular formula is C18H19BrN2O3. The summed E-state index contributed by atoms with van der Waals surface area (Å²) >= 11 is 3.55. The van der Waals surface area contributed by atoms with E-state index in [-0.39, 0.29) is 5.97 Å². The molecular weight excluding hydrogens is 372 g/mol. The van der Waals surface area contributed by atoms with Crippen LogP contribution in [0.25, 0.3) is 0 Å². The predicted molar refractivity (Wildman–Crippen MR) is 97.6 cm³/mol. The van der Waals surface area contributed by atoms with Crippen LogP contribution in [0, 0.1) is 6.92 Å². The SMILES string of the molecule is COC(=O)c1ccc(N=Cc2cc(Br)c(N3CCCC3)o2)c(C)c1. The van der Waals surface area contributed by atoms with Crippen molar-refractivity contribution in [3.8, 4) is 0 Å². The average molecular weight is 391 g/mol. The Kier molecular flexibility index (Phi) is 5.04. The maximum atomic E-state index is 11.5. The van der Waals surface area contributed by atoms with Gasteiger partial charge in [0.2, 0.25) is 5.88 Å². The van der Waals surface area contributed by atoms with E-state index in [4.69, 9.17) is 9.15 Å². The number of rotatable bonds is 4. The Balaban J connectivity index is 1.78. The second-order valence-electron chi connectivity index (χ2n) is 5.75. The topological polar surface area (TPSA) is 55.0 Å². The number of hydrogen-bond acceptors (Lipinski definition) is 5. The molecule has 0 radical (unpaired) electrons. The highest BCUT2D eigenvalue weighted by molar-refractivity contribution is 9.10. The number of esters is 1. The van der Waals surface area contributed by atoms with Gasteiger partial charge in [-0.2, -0.15) is 0 Å². The third kappa shape index (κ3) is 3.53. The number of nitrogens with zero attached hydrogens (tertiary/aromatic N) is 2. The molecule has 0 unspecified atom stereocenters. The van der Waals surface area contributed by atoms with Crippen LogP contribution >= 0.6 is 15.9 Å². The summed E-state index contributed by atoms with van der Waals surface area (Å²) in [5, 5.41) is 0. The first-order valence-corrected chi connectivity index (χ1v) is 8.65. The summed E-state index contributed by atoms with van der Waals surface area (Å²) in [6.45, 7) is 3.96. The summed E-state index contributed by atoms with van der Waals surface area (Å²) in [6, 6.07) is 7.21. The molecule has 126 valence electrons. The van der Waals surface area contributed by atoms with Crippen molar-refractivity contribution < 1.29 is 13.9 Å². The quantitative estimate of drug-likeness (QED) is 0.569. The normalized spacial score (nSPS) is 14.5. The Hall–Kier alpha value is -2.08. The van der Waals surface area contributed by atoms with Crippen LogP contribution in [0.15, 0.2) is 38.1 Å². The second-order valence-corrected chi connectivity index (χ2v) is 6.60. The number of halogens is 1. The molecule has 0 aliphatic carbocycles. The molecule has 0 amide bonds. The van der Waals surface area contributed by atoms with Crippen LogP contribution in [0.2, 0.25) is 0 Å². The van der Waals surface area contributed by atoms with E-state index in [9.17, 15) is 4.79 Å². The largest absolute Gasteiger partial charge is 0.465 e. The van der Waals surface area contributed by atoms with Gasteiger partial charge in [0, 0.05) is 19.2 Å². The number of ether oxygens (including phenoxy) is 1. The van der Waals surface area contributed by atoms with E-state index in [1.165, 1.54) is 20.0 Å². The smallest absolute Gasteiger partial charge is 0.337 e. The molecule has 1 fully saturated rings. The molecule has 1 saturated heterocycles. The van der Waals surface area contributed by atoms with Gasteiger partial charge in [0.15, 0.2) is 0 Å². The lowest BCUT2D eigenvalue weighted by molar-refractivity contribution is 0.0600. The highest BCUT2D eigenvalue weighted by Crippen LogP contribution is 2.32. The van der Waals surface area contributed by atoms with Crippen LogP contribution in [-0.4, -0.2) is 32.4 Å². The van der Waals surface area contributed by atoms with Gasteiger partial charge in [-0.15, -0.1) is 0 Å². The van der Waals surface area contributed by atoms with Crippen molar-refractivity contribution >= 4 is 39.7 Å². The predicted octanol–water partition coefficient (Wildman–Crippen LogP) is 4.49. The highest BCUT2D eigenvalue weighted by atomic mass is 79.9. The van der Waals surface area contributed by atoms with Crippen molar-refractivity contribution in [3.05, 3.63) is 45.6 Å². The van der Waals surface area contributed by atoms with Gasteiger partial charge in [-0.25, -0.2) is 4.79 Å². The van der Waals surface area contributed by atoms with E-state index in [1.54, 1.807) is 24.4 Å². The molecule has 24 heavy (non-hydrogen) atoms. The standard InChI is InChI=1S/C18H19BrN2O3/c1-12-9-13(18(22)23-2)5-6-16(12)20-11-14-10-15(19)17(24-14)21-7-3-4-8-21/h5-6,9-11H,3-4,7-8H2,1-2H3. The Morgan fingerprint density at radius 2 is 2.08 bits per heavy atom. The zero-order valence-electron chi connectivity index (χ0n) is 13.7. The summed E-state index contributed by atoms with van der Waals surface area (Å²) in [4.78, 5) is 18.2. The molecule has 2 aromatic rings. The van der Waals surface area contributed by atoms with E-state index in [1.807, 2.05) is 13.0 Å². The zero-order valence-corrected chi connectivity index (χ0v) is 15.3. The molecule has 0 N–H and O–H groups in total. The van der Waals surface area contributed by atoms with Gasteiger partial charge < -0.3 is 14.1 Å².